The number of hydrogen-bond acceptors (Lipinski definition) is 4. The molecule has 4 heteroatoms. The Kier molecular flexibility index (Phi) is 8.53. The molecule has 3 unspecified atom stereocenters. The van der Waals surface area contributed by atoms with E-state index in [-0.39, 0.29) is 24.2 Å². The maximum absolute atomic E-state index is 6.68. The molecule has 1 fully saturated rings. The summed E-state index contributed by atoms with van der Waals surface area (Å²) in [4.78, 5) is 0. The lowest BCUT2D eigenvalue weighted by Gasteiger charge is -2.44. The zero-order valence-electron chi connectivity index (χ0n) is 32.2. The topological polar surface area (TPSA) is 50.3 Å². The van der Waals surface area contributed by atoms with Crippen LogP contribution in [-0.2, 0) is 0 Å². The summed E-state index contributed by atoms with van der Waals surface area (Å²) >= 11 is 0. The molecule has 2 aromatic heterocycles. The molecule has 1 aliphatic heterocycles. The van der Waals surface area contributed by atoms with Gasteiger partial charge in [-0.2, -0.15) is 0 Å². The van der Waals surface area contributed by atoms with Gasteiger partial charge in [0.05, 0.1) is 6.17 Å². The van der Waals surface area contributed by atoms with E-state index in [1.807, 2.05) is 6.07 Å². The fourth-order valence-electron chi connectivity index (χ4n) is 9.46. The van der Waals surface area contributed by atoms with E-state index in [1.54, 1.807) is 0 Å². The Bertz CT molecular complexity index is 3070. The smallest absolute Gasteiger partial charge is 0.140 e. The van der Waals surface area contributed by atoms with Crippen LogP contribution >= 0.6 is 0 Å². The van der Waals surface area contributed by atoms with Crippen LogP contribution in [0.2, 0.25) is 0 Å². The monoisotopic (exact) mass is 750 g/mol. The van der Waals surface area contributed by atoms with Crippen LogP contribution in [0.3, 0.4) is 0 Å². The lowest BCUT2D eigenvalue weighted by Crippen LogP contribution is -2.50. The maximum atomic E-state index is 6.68. The molecule has 0 saturated carbocycles. The van der Waals surface area contributed by atoms with Gasteiger partial charge in [-0.3, -0.25) is 10.6 Å². The first-order chi connectivity index (χ1) is 28.7. The molecule has 8 aromatic carbocycles. The van der Waals surface area contributed by atoms with Gasteiger partial charge in [0.15, 0.2) is 0 Å². The van der Waals surface area contributed by atoms with Crippen molar-refractivity contribution in [2.75, 3.05) is 0 Å². The molecule has 4 nitrogen and oxygen atoms in total. The van der Waals surface area contributed by atoms with Gasteiger partial charge in [0.2, 0.25) is 0 Å². The third kappa shape index (κ3) is 5.92. The highest BCUT2D eigenvalue weighted by Gasteiger charge is 2.39. The zero-order valence-corrected chi connectivity index (χ0v) is 32.2. The van der Waals surface area contributed by atoms with Gasteiger partial charge in [-0.15, -0.1) is 0 Å². The average molecular weight is 751 g/mol. The summed E-state index contributed by atoms with van der Waals surface area (Å²) in [6.45, 7) is 2.31. The van der Waals surface area contributed by atoms with Crippen molar-refractivity contribution >= 4 is 43.9 Å². The van der Waals surface area contributed by atoms with E-state index in [0.29, 0.717) is 0 Å². The Hall–Kier alpha value is -6.72. The maximum Gasteiger partial charge on any atom is 0.140 e. The van der Waals surface area contributed by atoms with E-state index in [0.717, 1.165) is 55.9 Å². The number of furan rings is 2. The Labute approximate surface area is 337 Å². The number of fused-ring (bicyclic) bond motifs is 6. The molecular formula is C54H42N2O2. The lowest BCUT2D eigenvalue weighted by molar-refractivity contribution is 0.156. The third-order valence-corrected chi connectivity index (χ3v) is 12.3. The summed E-state index contributed by atoms with van der Waals surface area (Å²) < 4.78 is 13.3. The van der Waals surface area contributed by atoms with Crippen LogP contribution in [0.5, 0.6) is 0 Å². The Morgan fingerprint density at radius 2 is 1.05 bits per heavy atom. The fourth-order valence-corrected chi connectivity index (χ4v) is 9.46. The Morgan fingerprint density at radius 1 is 0.431 bits per heavy atom. The van der Waals surface area contributed by atoms with Crippen molar-refractivity contribution in [3.05, 3.63) is 205 Å². The van der Waals surface area contributed by atoms with Crippen molar-refractivity contribution in [1.29, 1.82) is 0 Å². The van der Waals surface area contributed by atoms with Crippen molar-refractivity contribution in [3.63, 3.8) is 0 Å². The molecule has 2 N–H and O–H groups in total. The van der Waals surface area contributed by atoms with Gasteiger partial charge in [0.1, 0.15) is 22.3 Å². The number of benzene rings is 8. The van der Waals surface area contributed by atoms with E-state index < -0.39 is 0 Å². The molecule has 0 bridgehead atoms. The van der Waals surface area contributed by atoms with Crippen molar-refractivity contribution < 1.29 is 8.83 Å². The van der Waals surface area contributed by atoms with Crippen LogP contribution in [-0.4, -0.2) is 0 Å². The molecule has 4 atom stereocenters. The van der Waals surface area contributed by atoms with E-state index in [9.17, 15) is 0 Å². The number of para-hydroxylation sites is 2. The lowest BCUT2D eigenvalue weighted by atomic mass is 9.78. The first-order valence-corrected chi connectivity index (χ1v) is 20.4. The Balaban J connectivity index is 1.01. The minimum atomic E-state index is -0.161. The van der Waals surface area contributed by atoms with Crippen molar-refractivity contribution in [3.8, 4) is 33.4 Å². The van der Waals surface area contributed by atoms with Crippen molar-refractivity contribution in [2.24, 2.45) is 5.92 Å². The standard InChI is InChI=1S/C54H42N2O2/c1-2-41-51(37-28-26-35(27-29-37)39-19-11-18-38(32-39)34-14-5-3-6-15-34)55-54(56-52(41)46-23-12-22-44-43-20-9-10-24-47(43)58-53(44)46)40-30-31-45-49(33-40)57-48-25-13-21-42(50(45)48)36-16-7-4-8-17-36/h3-33,41,51-52,54-56H,2H2,1H3/t41-,51?,52?,54?/m0/s1. The zero-order chi connectivity index (χ0) is 38.6. The molecule has 58 heavy (non-hydrogen) atoms. The van der Waals surface area contributed by atoms with Gasteiger partial charge in [0.25, 0.3) is 0 Å². The molecule has 3 heterocycles. The molecule has 1 saturated heterocycles. The fraction of sp³-hybridized carbons (Fsp3) is 0.111. The minimum absolute atomic E-state index is 0.00351. The third-order valence-electron chi connectivity index (χ3n) is 12.3. The highest BCUT2D eigenvalue weighted by Crippen LogP contribution is 2.46. The highest BCUT2D eigenvalue weighted by atomic mass is 16.3. The summed E-state index contributed by atoms with van der Waals surface area (Å²) in [5.41, 5.74) is 14.4. The quantitative estimate of drug-likeness (QED) is 0.170. The number of nitrogens with one attached hydrogen (secondary N) is 2. The van der Waals surface area contributed by atoms with Gasteiger partial charge >= 0.3 is 0 Å². The molecule has 10 aromatic rings. The Morgan fingerprint density at radius 3 is 1.84 bits per heavy atom. The van der Waals surface area contributed by atoms with E-state index >= 15 is 0 Å². The summed E-state index contributed by atoms with van der Waals surface area (Å²) in [6, 6.07) is 67.3. The molecule has 0 spiro atoms. The van der Waals surface area contributed by atoms with Crippen LogP contribution < -0.4 is 10.6 Å². The van der Waals surface area contributed by atoms with Gasteiger partial charge in [-0.25, -0.2) is 0 Å². The van der Waals surface area contributed by atoms with Crippen LogP contribution in [0.25, 0.3) is 77.3 Å². The van der Waals surface area contributed by atoms with Crippen LogP contribution in [0.15, 0.2) is 197 Å². The second kappa shape index (κ2) is 14.3. The van der Waals surface area contributed by atoms with Gasteiger partial charge in [0, 0.05) is 39.2 Å². The normalized spacial score (nSPS) is 18.4. The molecule has 1 aliphatic rings. The highest BCUT2D eigenvalue weighted by molar-refractivity contribution is 6.12. The van der Waals surface area contributed by atoms with Crippen LogP contribution in [0, 0.1) is 5.92 Å². The summed E-state index contributed by atoms with van der Waals surface area (Å²) in [7, 11) is 0. The van der Waals surface area contributed by atoms with Gasteiger partial charge in [-0.1, -0.05) is 171 Å². The summed E-state index contributed by atoms with van der Waals surface area (Å²) in [5.74, 6) is 0.227. The first-order valence-electron chi connectivity index (χ1n) is 20.4. The molecule has 0 radical (unpaired) electrons. The molecule has 0 amide bonds. The van der Waals surface area contributed by atoms with E-state index in [2.05, 4.69) is 200 Å². The van der Waals surface area contributed by atoms with Gasteiger partial charge < -0.3 is 8.83 Å². The predicted molar refractivity (Wildman–Crippen MR) is 238 cm³/mol. The van der Waals surface area contributed by atoms with Crippen LogP contribution in [0.4, 0.5) is 0 Å². The molecular weight excluding hydrogens is 709 g/mol. The SMILES string of the molecule is CC[C@H]1C(c2ccc(-c3cccc(-c4ccccc4)c3)cc2)NC(c2ccc3c(c2)oc2cccc(-c4ccccc4)c23)NC1c1cccc2c1oc1ccccc12. The van der Waals surface area contributed by atoms with Crippen molar-refractivity contribution in [1.82, 2.24) is 10.6 Å². The first kappa shape index (κ1) is 34.5. The molecule has 11 rings (SSSR count). The van der Waals surface area contributed by atoms with Crippen LogP contribution in [0.1, 0.15) is 48.3 Å². The number of rotatable bonds is 7. The molecule has 280 valence electrons. The van der Waals surface area contributed by atoms with Gasteiger partial charge in [-0.05, 0) is 81.1 Å². The second-order valence-electron chi connectivity index (χ2n) is 15.6. The van der Waals surface area contributed by atoms with E-state index in [4.69, 9.17) is 8.83 Å². The average Bonchev–Trinajstić information content (AvgIpc) is 3.88. The molecule has 0 aliphatic carbocycles. The number of hydrogen-bond donors (Lipinski definition) is 2. The van der Waals surface area contributed by atoms with E-state index in [1.165, 1.54) is 44.5 Å². The second-order valence-corrected chi connectivity index (χ2v) is 15.6. The summed E-state index contributed by atoms with van der Waals surface area (Å²) in [6.07, 6.45) is 0.801. The largest absolute Gasteiger partial charge is 0.456 e. The van der Waals surface area contributed by atoms with Crippen molar-refractivity contribution in [2.45, 2.75) is 31.6 Å². The summed E-state index contributed by atoms with van der Waals surface area (Å²) in [5, 5.41) is 12.8. The minimum Gasteiger partial charge on any atom is -0.456 e. The predicted octanol–water partition coefficient (Wildman–Crippen LogP) is 14.2.